The zero-order valence-corrected chi connectivity index (χ0v) is 18.2. The summed E-state index contributed by atoms with van der Waals surface area (Å²) in [6.45, 7) is 4.07. The summed E-state index contributed by atoms with van der Waals surface area (Å²) in [6.07, 6.45) is 0. The number of hydrogen-bond donors (Lipinski definition) is 0. The lowest BCUT2D eigenvalue weighted by molar-refractivity contribution is -0.121. The van der Waals surface area contributed by atoms with Crippen molar-refractivity contribution >= 4 is 44.5 Å². The fraction of sp³-hybridized carbons (Fsp3) is 0.238. The highest BCUT2D eigenvalue weighted by atomic mass is 32.9. The first-order valence-corrected chi connectivity index (χ1v) is 11.3. The Labute approximate surface area is 176 Å². The van der Waals surface area contributed by atoms with Crippen LogP contribution in [0.2, 0.25) is 0 Å². The second kappa shape index (κ2) is 7.31. The summed E-state index contributed by atoms with van der Waals surface area (Å²) in [5, 5.41) is 0. The Hall–Kier alpha value is -2.22. The molecule has 0 bridgehead atoms. The summed E-state index contributed by atoms with van der Waals surface area (Å²) in [7, 11) is 4.84. The first kappa shape index (κ1) is 19.1. The van der Waals surface area contributed by atoms with E-state index in [4.69, 9.17) is 21.7 Å². The third-order valence-electron chi connectivity index (χ3n) is 4.82. The van der Waals surface area contributed by atoms with Gasteiger partial charge in [-0.15, -0.1) is 0 Å². The van der Waals surface area contributed by atoms with Crippen LogP contribution in [0.15, 0.2) is 48.5 Å². The third kappa shape index (κ3) is 3.13. The molecule has 1 aliphatic heterocycles. The van der Waals surface area contributed by atoms with Gasteiger partial charge in [-0.25, -0.2) is 0 Å². The lowest BCUT2D eigenvalue weighted by Gasteiger charge is -2.42. The first-order valence-electron chi connectivity index (χ1n) is 8.76. The number of carbonyl (C=O) groups excluding carboxylic acids is 1. The Morgan fingerprint density at radius 3 is 2.57 bits per heavy atom. The van der Waals surface area contributed by atoms with Crippen molar-refractivity contribution < 1.29 is 14.3 Å². The number of methoxy groups -OCH3 is 1. The van der Waals surface area contributed by atoms with Crippen molar-refractivity contribution in [2.24, 2.45) is 0 Å². The Balaban J connectivity index is 1.77. The largest absolute Gasteiger partial charge is 0.497 e. The lowest BCUT2D eigenvalue weighted by atomic mass is 9.87. The topological polar surface area (TPSA) is 38.8 Å². The van der Waals surface area contributed by atoms with Gasteiger partial charge in [0.25, 0.3) is 5.91 Å². The quantitative estimate of drug-likeness (QED) is 0.384. The molecule has 0 saturated heterocycles. The number of hydrogen-bond acceptors (Lipinski definition) is 6. The minimum Gasteiger partial charge on any atom is -0.497 e. The molecule has 144 valence electrons. The number of carbonyl (C=O) groups is 1. The van der Waals surface area contributed by atoms with E-state index in [2.05, 4.69) is 13.8 Å². The average molecular weight is 430 g/mol. The molecule has 2 aromatic carbocycles. The van der Waals surface area contributed by atoms with Crippen LogP contribution in [-0.4, -0.2) is 19.6 Å². The van der Waals surface area contributed by atoms with Crippen LogP contribution in [-0.2, 0) is 10.3 Å². The highest BCUT2D eigenvalue weighted by Crippen LogP contribution is 2.52. The Morgan fingerprint density at radius 1 is 1.11 bits per heavy atom. The van der Waals surface area contributed by atoms with Crippen LogP contribution in [0.25, 0.3) is 11.1 Å². The molecule has 4 nitrogen and oxygen atoms in total. The summed E-state index contributed by atoms with van der Waals surface area (Å²) >= 11 is 5.61. The summed E-state index contributed by atoms with van der Waals surface area (Å²) < 4.78 is 12.0. The molecule has 1 aromatic heterocycles. The lowest BCUT2D eigenvalue weighted by Crippen LogP contribution is -2.49. The molecular weight excluding hydrogens is 410 g/mol. The maximum Gasteiger partial charge on any atom is 0.265 e. The maximum absolute atomic E-state index is 13.3. The standard InChI is InChI=1S/C21H19NO3S3/c1-21(2)19-18(20(26)28-27-19)15-11-14(24-3)9-10-16(15)22(21)17(23)12-25-13-7-5-4-6-8-13/h4-11H,12H2,1-3H3. The molecule has 4 rings (SSSR count). The minimum absolute atomic E-state index is 0.0379. The van der Waals surface area contributed by atoms with Gasteiger partial charge in [-0.3, -0.25) is 9.69 Å². The molecule has 0 aliphatic carbocycles. The van der Waals surface area contributed by atoms with Gasteiger partial charge in [-0.05, 0) is 44.2 Å². The number of ether oxygens (including phenoxy) is 2. The number of rotatable bonds is 4. The highest BCUT2D eigenvalue weighted by molar-refractivity contribution is 7.80. The van der Waals surface area contributed by atoms with Crippen molar-refractivity contribution in [2.75, 3.05) is 18.6 Å². The van der Waals surface area contributed by atoms with Crippen LogP contribution in [0.4, 0.5) is 5.69 Å². The van der Waals surface area contributed by atoms with E-state index in [1.807, 2.05) is 53.4 Å². The van der Waals surface area contributed by atoms with Gasteiger partial charge < -0.3 is 9.47 Å². The third-order valence-corrected chi connectivity index (χ3v) is 8.15. The van der Waals surface area contributed by atoms with Crippen molar-refractivity contribution in [1.29, 1.82) is 0 Å². The van der Waals surface area contributed by atoms with E-state index in [0.29, 0.717) is 5.75 Å². The van der Waals surface area contributed by atoms with Gasteiger partial charge >= 0.3 is 0 Å². The summed E-state index contributed by atoms with van der Waals surface area (Å²) in [4.78, 5) is 16.2. The zero-order valence-electron chi connectivity index (χ0n) is 15.7. The van der Waals surface area contributed by atoms with E-state index in [1.165, 1.54) is 0 Å². The fourth-order valence-electron chi connectivity index (χ4n) is 3.51. The van der Waals surface area contributed by atoms with E-state index < -0.39 is 5.54 Å². The average Bonchev–Trinajstić information content (AvgIpc) is 3.10. The van der Waals surface area contributed by atoms with Crippen LogP contribution in [0.1, 0.15) is 18.7 Å². The Kier molecular flexibility index (Phi) is 4.99. The van der Waals surface area contributed by atoms with Crippen LogP contribution in [0, 0.1) is 3.82 Å². The van der Waals surface area contributed by atoms with Crippen molar-refractivity contribution in [2.45, 2.75) is 19.4 Å². The molecule has 1 aliphatic rings. The van der Waals surface area contributed by atoms with Gasteiger partial charge in [0.15, 0.2) is 6.61 Å². The van der Waals surface area contributed by atoms with Crippen LogP contribution < -0.4 is 14.4 Å². The summed E-state index contributed by atoms with van der Waals surface area (Å²) in [5.74, 6) is 1.31. The number of nitrogens with zero attached hydrogens (tertiary/aromatic N) is 1. The van der Waals surface area contributed by atoms with Gasteiger partial charge in [0.05, 0.1) is 23.2 Å². The highest BCUT2D eigenvalue weighted by Gasteiger charge is 2.43. The molecule has 2 heterocycles. The van der Waals surface area contributed by atoms with Crippen molar-refractivity contribution in [1.82, 2.24) is 0 Å². The summed E-state index contributed by atoms with van der Waals surface area (Å²) in [6, 6.07) is 15.1. The molecule has 0 spiro atoms. The number of para-hydroxylation sites is 1. The van der Waals surface area contributed by atoms with Gasteiger partial charge in [0.2, 0.25) is 0 Å². The molecule has 7 heteroatoms. The van der Waals surface area contributed by atoms with Crippen LogP contribution in [0.3, 0.4) is 0 Å². The van der Waals surface area contributed by atoms with Crippen molar-refractivity contribution in [3.63, 3.8) is 0 Å². The smallest absolute Gasteiger partial charge is 0.265 e. The van der Waals surface area contributed by atoms with Gasteiger partial charge in [0.1, 0.15) is 15.3 Å². The molecule has 0 atom stereocenters. The van der Waals surface area contributed by atoms with Crippen LogP contribution >= 0.6 is 32.9 Å². The van der Waals surface area contributed by atoms with Gasteiger partial charge in [0, 0.05) is 11.1 Å². The van der Waals surface area contributed by atoms with E-state index >= 15 is 0 Å². The Bertz CT molecular complexity index is 1090. The molecule has 0 N–H and O–H groups in total. The zero-order chi connectivity index (χ0) is 19.9. The second-order valence-corrected chi connectivity index (χ2v) is 9.75. The van der Waals surface area contributed by atoms with Gasteiger partial charge in [-0.1, -0.05) is 51.1 Å². The predicted octanol–water partition coefficient (Wildman–Crippen LogP) is 5.88. The molecule has 1 amide bonds. The van der Waals surface area contributed by atoms with Crippen molar-refractivity contribution in [3.05, 3.63) is 57.2 Å². The molecular formula is C21H19NO3S3. The molecule has 3 aromatic rings. The number of fused-ring (bicyclic) bond motifs is 3. The molecule has 28 heavy (non-hydrogen) atoms. The van der Waals surface area contributed by atoms with E-state index in [0.717, 1.165) is 31.3 Å². The van der Waals surface area contributed by atoms with Crippen LogP contribution in [0.5, 0.6) is 11.5 Å². The molecule has 0 saturated carbocycles. The SMILES string of the molecule is COc1ccc2c(c1)-c1c(ssc1=S)C(C)(C)N2C(=O)COc1ccccc1. The first-order chi connectivity index (χ1) is 13.4. The predicted molar refractivity (Wildman–Crippen MR) is 117 cm³/mol. The Morgan fingerprint density at radius 2 is 1.86 bits per heavy atom. The van der Waals surface area contributed by atoms with E-state index in [-0.39, 0.29) is 12.5 Å². The second-order valence-electron chi connectivity index (χ2n) is 6.93. The number of amides is 1. The van der Waals surface area contributed by atoms with E-state index in [9.17, 15) is 4.79 Å². The monoisotopic (exact) mass is 429 g/mol. The minimum atomic E-state index is -0.522. The fourth-order valence-corrected chi connectivity index (χ4v) is 6.79. The molecule has 0 fully saturated rings. The number of benzene rings is 2. The summed E-state index contributed by atoms with van der Waals surface area (Å²) in [5.41, 5.74) is 2.28. The normalized spacial score (nSPS) is 14.2. The van der Waals surface area contributed by atoms with Crippen molar-refractivity contribution in [3.8, 4) is 22.6 Å². The molecule has 0 radical (unpaired) electrons. The number of anilines is 1. The van der Waals surface area contributed by atoms with Gasteiger partial charge in [-0.2, -0.15) is 0 Å². The molecule has 0 unspecified atom stereocenters. The maximum atomic E-state index is 13.3. The van der Waals surface area contributed by atoms with E-state index in [1.54, 1.807) is 27.8 Å².